The first kappa shape index (κ1) is 6.36. The van der Waals surface area contributed by atoms with Gasteiger partial charge in [0.05, 0.1) is 0 Å². The van der Waals surface area contributed by atoms with E-state index in [1.807, 2.05) is 0 Å². The number of aromatic nitrogens is 1. The average Bonchev–Trinajstić information content (AvgIpc) is 1.80. The van der Waals surface area contributed by atoms with Gasteiger partial charge in [0, 0.05) is 5.56 Å². The van der Waals surface area contributed by atoms with E-state index in [1.165, 1.54) is 0 Å². The fourth-order valence-corrected chi connectivity index (χ4v) is 0.671. The highest BCUT2D eigenvalue weighted by Gasteiger charge is 1.90. The van der Waals surface area contributed by atoms with Gasteiger partial charge in [0.25, 0.3) is 5.56 Å². The van der Waals surface area contributed by atoms with Gasteiger partial charge in [-0.25, -0.2) is 0 Å². The van der Waals surface area contributed by atoms with E-state index >= 15 is 0 Å². The molecule has 0 amide bonds. The Hall–Kier alpha value is -0.760. The molecule has 0 aliphatic rings. The summed E-state index contributed by atoms with van der Waals surface area (Å²) in [6.45, 7) is 1.73. The van der Waals surface area contributed by atoms with Gasteiger partial charge in [0.15, 0.2) is 0 Å². The number of H-pyrrole nitrogens is 1. The Balaban J connectivity index is 3.34. The molecule has 0 aliphatic carbocycles. The Morgan fingerprint density at radius 1 is 1.56 bits per heavy atom. The molecule has 9 heavy (non-hydrogen) atoms. The largest absolute Gasteiger partial charge is 0.313 e. The zero-order valence-corrected chi connectivity index (χ0v) is 5.70. The molecule has 0 spiro atoms. The van der Waals surface area contributed by atoms with E-state index in [0.717, 1.165) is 0 Å². The number of rotatable bonds is 0. The maximum absolute atomic E-state index is 10.7. The molecule has 0 bridgehead atoms. The van der Waals surface area contributed by atoms with Gasteiger partial charge in [0.2, 0.25) is 0 Å². The number of hydrogen-bond donors (Lipinski definition) is 1. The third kappa shape index (κ3) is 1.33. The molecule has 1 rings (SSSR count). The van der Waals surface area contributed by atoms with Crippen LogP contribution in [0.15, 0.2) is 16.9 Å². The second kappa shape index (κ2) is 2.23. The molecule has 48 valence electrons. The topological polar surface area (TPSA) is 32.9 Å². The fraction of sp³-hybridized carbons (Fsp3) is 0.167. The maximum atomic E-state index is 10.7. The molecule has 0 aliphatic heterocycles. The summed E-state index contributed by atoms with van der Waals surface area (Å²) in [7, 11) is 0. The molecule has 1 N–H and O–H groups in total. The summed E-state index contributed by atoms with van der Waals surface area (Å²) in [6, 6.07) is 3.33. The highest BCUT2D eigenvalue weighted by atomic mass is 35.5. The zero-order chi connectivity index (χ0) is 6.85. The van der Waals surface area contributed by atoms with Crippen molar-refractivity contribution in [3.63, 3.8) is 0 Å². The first-order chi connectivity index (χ1) is 4.20. The van der Waals surface area contributed by atoms with E-state index in [0.29, 0.717) is 10.7 Å². The van der Waals surface area contributed by atoms with Crippen molar-refractivity contribution in [3.05, 3.63) is 33.2 Å². The molecule has 0 atom stereocenters. The summed E-state index contributed by atoms with van der Waals surface area (Å²) in [4.78, 5) is 13.1. The molecule has 1 aromatic heterocycles. The summed E-state index contributed by atoms with van der Waals surface area (Å²) in [5.41, 5.74) is 0.557. The molecule has 2 nitrogen and oxygen atoms in total. The first-order valence-electron chi connectivity index (χ1n) is 2.55. The molecule has 0 fully saturated rings. The van der Waals surface area contributed by atoms with Crippen molar-refractivity contribution < 1.29 is 0 Å². The smallest absolute Gasteiger partial charge is 0.251 e. The first-order valence-corrected chi connectivity index (χ1v) is 2.93. The van der Waals surface area contributed by atoms with E-state index in [1.54, 1.807) is 19.1 Å². The van der Waals surface area contributed by atoms with Gasteiger partial charge in [-0.05, 0) is 13.0 Å². The van der Waals surface area contributed by atoms with Gasteiger partial charge in [-0.15, -0.1) is 0 Å². The van der Waals surface area contributed by atoms with Crippen LogP contribution in [-0.4, -0.2) is 4.98 Å². The number of hydrogen-bond acceptors (Lipinski definition) is 1. The predicted octanol–water partition coefficient (Wildman–Crippen LogP) is 1.34. The minimum Gasteiger partial charge on any atom is -0.313 e. The van der Waals surface area contributed by atoms with Crippen molar-refractivity contribution in [1.82, 2.24) is 4.98 Å². The minimum absolute atomic E-state index is 0.123. The molecule has 1 aromatic rings. The maximum Gasteiger partial charge on any atom is 0.251 e. The lowest BCUT2D eigenvalue weighted by Crippen LogP contribution is -2.07. The summed E-state index contributed by atoms with van der Waals surface area (Å²) < 4.78 is 0. The van der Waals surface area contributed by atoms with Crippen LogP contribution in [0.5, 0.6) is 0 Å². The second-order valence-corrected chi connectivity index (χ2v) is 2.23. The minimum atomic E-state index is -0.123. The Morgan fingerprint density at radius 2 is 2.22 bits per heavy atom. The number of nitrogens with one attached hydrogen (secondary N) is 1. The van der Waals surface area contributed by atoms with Crippen molar-refractivity contribution in [2.24, 2.45) is 0 Å². The van der Waals surface area contributed by atoms with Crippen LogP contribution in [0.2, 0.25) is 5.15 Å². The Labute approximate surface area is 57.5 Å². The number of aromatic amines is 1. The molecular formula is C6H6ClNO. The number of pyridine rings is 1. The molecule has 0 saturated carbocycles. The zero-order valence-electron chi connectivity index (χ0n) is 4.94. The lowest BCUT2D eigenvalue weighted by molar-refractivity contribution is 1.18. The van der Waals surface area contributed by atoms with E-state index in [4.69, 9.17) is 11.6 Å². The summed E-state index contributed by atoms with van der Waals surface area (Å²) in [5.74, 6) is 0. The van der Waals surface area contributed by atoms with Crippen LogP contribution < -0.4 is 5.56 Å². The fourth-order valence-electron chi connectivity index (χ4n) is 0.523. The molecule has 1 heterocycles. The average molecular weight is 144 g/mol. The van der Waals surface area contributed by atoms with Gasteiger partial charge >= 0.3 is 0 Å². The van der Waals surface area contributed by atoms with Crippen molar-refractivity contribution in [2.45, 2.75) is 6.92 Å². The molecule has 0 unspecified atom stereocenters. The van der Waals surface area contributed by atoms with E-state index < -0.39 is 0 Å². The molecule has 0 radical (unpaired) electrons. The molecule has 3 heteroatoms. The Morgan fingerprint density at radius 3 is 2.67 bits per heavy atom. The van der Waals surface area contributed by atoms with Crippen molar-refractivity contribution >= 4 is 11.6 Å². The monoisotopic (exact) mass is 143 g/mol. The third-order valence-corrected chi connectivity index (χ3v) is 1.29. The van der Waals surface area contributed by atoms with Crippen LogP contribution in [0.25, 0.3) is 0 Å². The van der Waals surface area contributed by atoms with E-state index in [-0.39, 0.29) is 5.56 Å². The second-order valence-electron chi connectivity index (χ2n) is 1.82. The van der Waals surface area contributed by atoms with Crippen molar-refractivity contribution in [3.8, 4) is 0 Å². The van der Waals surface area contributed by atoms with E-state index in [9.17, 15) is 4.79 Å². The standard InChI is InChI=1S/C6H6ClNO/c1-4-2-3-5(7)8-6(4)9/h2-3H,1H3,(H,8,9). The Kier molecular flexibility index (Phi) is 1.58. The lowest BCUT2D eigenvalue weighted by Gasteiger charge is -1.89. The predicted molar refractivity (Wildman–Crippen MR) is 36.8 cm³/mol. The van der Waals surface area contributed by atoms with E-state index in [2.05, 4.69) is 4.98 Å². The van der Waals surface area contributed by atoms with Crippen molar-refractivity contribution in [1.29, 1.82) is 0 Å². The van der Waals surface area contributed by atoms with Crippen LogP contribution in [0, 0.1) is 6.92 Å². The highest BCUT2D eigenvalue weighted by molar-refractivity contribution is 6.29. The van der Waals surface area contributed by atoms with Gasteiger partial charge in [0.1, 0.15) is 5.15 Å². The van der Waals surface area contributed by atoms with Crippen LogP contribution in [0.1, 0.15) is 5.56 Å². The Bertz CT molecular complexity index is 266. The third-order valence-electron chi connectivity index (χ3n) is 1.07. The summed E-state index contributed by atoms with van der Waals surface area (Å²) in [6.07, 6.45) is 0. The van der Waals surface area contributed by atoms with Crippen LogP contribution in [0.3, 0.4) is 0 Å². The normalized spacial score (nSPS) is 9.56. The van der Waals surface area contributed by atoms with Crippen molar-refractivity contribution in [2.75, 3.05) is 0 Å². The summed E-state index contributed by atoms with van der Waals surface area (Å²) in [5, 5.41) is 0.380. The quantitative estimate of drug-likeness (QED) is 0.547. The van der Waals surface area contributed by atoms with Gasteiger partial charge in [-0.3, -0.25) is 4.79 Å². The molecule has 0 saturated heterocycles. The van der Waals surface area contributed by atoms with Gasteiger partial charge in [-0.1, -0.05) is 17.7 Å². The highest BCUT2D eigenvalue weighted by Crippen LogP contribution is 1.98. The lowest BCUT2D eigenvalue weighted by atomic mass is 10.3. The summed E-state index contributed by atoms with van der Waals surface area (Å²) >= 11 is 5.46. The van der Waals surface area contributed by atoms with Crippen LogP contribution >= 0.6 is 11.6 Å². The number of aryl methyl sites for hydroxylation is 1. The van der Waals surface area contributed by atoms with Crippen LogP contribution in [-0.2, 0) is 0 Å². The molecular weight excluding hydrogens is 138 g/mol. The SMILES string of the molecule is Cc1ccc(Cl)[nH]c1=O. The van der Waals surface area contributed by atoms with Crippen LogP contribution in [0.4, 0.5) is 0 Å². The molecule has 0 aromatic carbocycles. The van der Waals surface area contributed by atoms with Gasteiger partial charge in [-0.2, -0.15) is 0 Å². The van der Waals surface area contributed by atoms with Gasteiger partial charge < -0.3 is 4.98 Å². The number of halogens is 1.